The molecule has 0 spiro atoms. The number of piperidine rings is 1. The van der Waals surface area contributed by atoms with Gasteiger partial charge in [0.05, 0.1) is 28.9 Å². The summed E-state index contributed by atoms with van der Waals surface area (Å²) in [7, 11) is -1.25. The van der Waals surface area contributed by atoms with Crippen LogP contribution < -0.4 is 10.2 Å². The van der Waals surface area contributed by atoms with E-state index < -0.39 is 19.8 Å². The zero-order valence-electron chi connectivity index (χ0n) is 26.0. The lowest BCUT2D eigenvalue weighted by Crippen LogP contribution is -2.50. The lowest BCUT2D eigenvalue weighted by atomic mass is 9.97. The van der Waals surface area contributed by atoms with E-state index in [4.69, 9.17) is 26.3 Å². The number of hydrogen-bond donors (Lipinski definition) is 3. The van der Waals surface area contributed by atoms with E-state index in [1.54, 1.807) is 18.5 Å². The van der Waals surface area contributed by atoms with Gasteiger partial charge in [-0.05, 0) is 51.6 Å². The molecule has 3 aromatic heterocycles. The molecule has 44 heavy (non-hydrogen) atoms. The van der Waals surface area contributed by atoms with Crippen molar-refractivity contribution in [1.29, 1.82) is 0 Å². The van der Waals surface area contributed by atoms with Gasteiger partial charge in [0.2, 0.25) is 0 Å². The van der Waals surface area contributed by atoms with Crippen LogP contribution in [0.3, 0.4) is 0 Å². The first-order valence-electron chi connectivity index (χ1n) is 15.4. The minimum Gasteiger partial charge on any atom is -0.465 e. The lowest BCUT2D eigenvalue weighted by Gasteiger charge is -2.39. The number of benzene rings is 1. The molecule has 2 aliphatic heterocycles. The average Bonchev–Trinajstić information content (AvgIpc) is 3.56. The summed E-state index contributed by atoms with van der Waals surface area (Å²) in [5.41, 5.74) is 3.01. The highest BCUT2D eigenvalue weighted by Crippen LogP contribution is 2.41. The van der Waals surface area contributed by atoms with Crippen LogP contribution in [0.2, 0.25) is 30.7 Å². The van der Waals surface area contributed by atoms with Gasteiger partial charge in [-0.3, -0.25) is 4.68 Å². The Labute approximate surface area is 263 Å². The molecule has 2 fully saturated rings. The van der Waals surface area contributed by atoms with Crippen molar-refractivity contribution in [2.24, 2.45) is 0 Å². The smallest absolute Gasteiger partial charge is 0.404 e. The van der Waals surface area contributed by atoms with Crippen molar-refractivity contribution in [1.82, 2.24) is 29.6 Å². The van der Waals surface area contributed by atoms with E-state index in [9.17, 15) is 15.0 Å². The van der Waals surface area contributed by atoms with E-state index >= 15 is 0 Å². The van der Waals surface area contributed by atoms with Gasteiger partial charge < -0.3 is 29.7 Å². The third-order valence-electron chi connectivity index (χ3n) is 8.62. The molecule has 3 N–H and O–H groups in total. The van der Waals surface area contributed by atoms with Crippen molar-refractivity contribution in [3.05, 3.63) is 35.7 Å². The van der Waals surface area contributed by atoms with Gasteiger partial charge in [-0.2, -0.15) is 5.10 Å². The maximum atomic E-state index is 11.3. The molecule has 4 aromatic rings. The fourth-order valence-electron chi connectivity index (χ4n) is 6.64. The molecule has 0 aliphatic carbocycles. The van der Waals surface area contributed by atoms with Crippen molar-refractivity contribution >= 4 is 53.7 Å². The molecule has 13 heteroatoms. The Morgan fingerprint density at radius 3 is 2.55 bits per heavy atom. The Morgan fingerprint density at radius 2 is 1.89 bits per heavy atom. The molecule has 6 rings (SSSR count). The van der Waals surface area contributed by atoms with Crippen LogP contribution in [-0.2, 0) is 18.0 Å². The van der Waals surface area contributed by atoms with E-state index in [0.717, 1.165) is 70.7 Å². The molecule has 2 atom stereocenters. The lowest BCUT2D eigenvalue weighted by molar-refractivity contribution is 0.0580. The standard InChI is InChI=1S/C31H42ClN7O4Si/c1-31(2,42)17-38-16-24-25(36-38)9-8-22(27(24)32)23-15-37(18-43-10-11-44(3,4)5)29-28(23)33-14-26(35-29)39-20-6-7-21(39)13-19(12-20)34-30(40)41/h8-9,14-16,19-21,34,42H,6-7,10-13,17-18H2,1-5H3,(H,40,41). The Hall–Kier alpha value is -3.19. The Kier molecular flexibility index (Phi) is 8.14. The molecule has 0 radical (unpaired) electrons. The number of carboxylic acid groups (broad SMARTS) is 1. The van der Waals surface area contributed by atoms with Gasteiger partial charge >= 0.3 is 6.09 Å². The predicted octanol–water partition coefficient (Wildman–Crippen LogP) is 5.95. The van der Waals surface area contributed by atoms with Crippen LogP contribution in [0, 0.1) is 0 Å². The van der Waals surface area contributed by atoms with Gasteiger partial charge in [0, 0.05) is 61.7 Å². The van der Waals surface area contributed by atoms with E-state index in [1.807, 2.05) is 35.3 Å². The van der Waals surface area contributed by atoms with Crippen LogP contribution in [0.25, 0.3) is 33.2 Å². The molecule has 1 aromatic carbocycles. The largest absolute Gasteiger partial charge is 0.465 e. The molecule has 2 bridgehead atoms. The maximum absolute atomic E-state index is 11.3. The van der Waals surface area contributed by atoms with Gasteiger partial charge in [0.1, 0.15) is 18.1 Å². The molecule has 2 aliphatic rings. The fourth-order valence-corrected chi connectivity index (χ4v) is 7.71. The molecule has 0 saturated carbocycles. The van der Waals surface area contributed by atoms with Crippen LogP contribution >= 0.6 is 11.6 Å². The number of nitrogens with one attached hydrogen (secondary N) is 1. The topological polar surface area (TPSA) is 131 Å². The molecular weight excluding hydrogens is 598 g/mol. The van der Waals surface area contributed by atoms with Crippen molar-refractivity contribution < 1.29 is 19.7 Å². The summed E-state index contributed by atoms with van der Waals surface area (Å²) in [4.78, 5) is 23.8. The van der Waals surface area contributed by atoms with Crippen molar-refractivity contribution in [3.63, 3.8) is 0 Å². The minimum atomic E-state index is -1.25. The zero-order chi connectivity index (χ0) is 31.4. The second-order valence-corrected chi connectivity index (χ2v) is 20.2. The van der Waals surface area contributed by atoms with Crippen LogP contribution in [0.1, 0.15) is 39.5 Å². The monoisotopic (exact) mass is 639 g/mol. The first-order valence-corrected chi connectivity index (χ1v) is 19.4. The molecule has 2 unspecified atom stereocenters. The fraction of sp³-hybridized carbons (Fsp3) is 0.548. The minimum absolute atomic E-state index is 0.0435. The first-order chi connectivity index (χ1) is 20.8. The van der Waals surface area contributed by atoms with Gasteiger partial charge in [-0.25, -0.2) is 14.8 Å². The van der Waals surface area contributed by atoms with Crippen molar-refractivity contribution in [2.45, 2.75) is 102 Å². The number of hydrogen-bond acceptors (Lipinski definition) is 7. The van der Waals surface area contributed by atoms with E-state index in [0.29, 0.717) is 24.9 Å². The van der Waals surface area contributed by atoms with Gasteiger partial charge in [-0.15, -0.1) is 0 Å². The third-order valence-corrected chi connectivity index (χ3v) is 10.7. The van der Waals surface area contributed by atoms with E-state index in [1.165, 1.54) is 0 Å². The zero-order valence-corrected chi connectivity index (χ0v) is 27.8. The van der Waals surface area contributed by atoms with E-state index in [-0.39, 0.29) is 18.1 Å². The second kappa shape index (κ2) is 11.6. The van der Waals surface area contributed by atoms with Crippen LogP contribution in [0.15, 0.2) is 30.7 Å². The first kappa shape index (κ1) is 30.8. The summed E-state index contributed by atoms with van der Waals surface area (Å²) in [6, 6.07) is 5.36. The SMILES string of the molecule is CC(C)(O)Cn1cc2c(Cl)c(-c3cn(COCC[Si](C)(C)C)c4nc(N5C6CCC5CC(NC(=O)O)C6)cnc34)ccc2n1. The molecule has 11 nitrogen and oxygen atoms in total. The van der Waals surface area contributed by atoms with Crippen molar-refractivity contribution in [2.75, 3.05) is 11.5 Å². The summed E-state index contributed by atoms with van der Waals surface area (Å²) < 4.78 is 9.92. The number of anilines is 1. The quantitative estimate of drug-likeness (QED) is 0.143. The number of aromatic nitrogens is 5. The maximum Gasteiger partial charge on any atom is 0.404 e. The van der Waals surface area contributed by atoms with Crippen LogP contribution in [0.5, 0.6) is 0 Å². The van der Waals surface area contributed by atoms with Crippen LogP contribution in [0.4, 0.5) is 10.6 Å². The summed E-state index contributed by atoms with van der Waals surface area (Å²) in [6.07, 6.45) is 8.29. The molecule has 1 amide bonds. The summed E-state index contributed by atoms with van der Waals surface area (Å²) in [5, 5.41) is 28.2. The third kappa shape index (κ3) is 6.44. The average molecular weight is 640 g/mol. The number of ether oxygens (including phenoxy) is 1. The highest BCUT2D eigenvalue weighted by molar-refractivity contribution is 6.76. The second-order valence-electron chi connectivity index (χ2n) is 14.2. The molecule has 2 saturated heterocycles. The molecule has 236 valence electrons. The summed E-state index contributed by atoms with van der Waals surface area (Å²) in [5.74, 6) is 0.807. The number of aliphatic hydroxyl groups is 1. The summed E-state index contributed by atoms with van der Waals surface area (Å²) in [6.45, 7) is 11.9. The van der Waals surface area contributed by atoms with Gasteiger partial charge in [-0.1, -0.05) is 37.3 Å². The number of nitrogens with zero attached hydrogens (tertiary/aromatic N) is 6. The number of amides is 1. The normalized spacial score (nSPS) is 20.6. The van der Waals surface area contributed by atoms with Gasteiger partial charge in [0.25, 0.3) is 0 Å². The van der Waals surface area contributed by atoms with Crippen molar-refractivity contribution in [3.8, 4) is 11.1 Å². The van der Waals surface area contributed by atoms with Crippen LogP contribution in [-0.4, -0.2) is 79.0 Å². The Bertz CT molecular complexity index is 1680. The molecular formula is C31H42ClN7O4Si. The number of fused-ring (bicyclic) bond motifs is 4. The predicted molar refractivity (Wildman–Crippen MR) is 175 cm³/mol. The number of halogens is 1. The van der Waals surface area contributed by atoms with Gasteiger partial charge in [0.15, 0.2) is 5.65 Å². The highest BCUT2D eigenvalue weighted by Gasteiger charge is 2.42. The number of rotatable bonds is 10. The van der Waals surface area contributed by atoms with E-state index in [2.05, 4.69) is 35.0 Å². The highest BCUT2D eigenvalue weighted by atomic mass is 35.5. The Morgan fingerprint density at radius 1 is 1.16 bits per heavy atom. The molecule has 5 heterocycles. The number of carbonyl (C=O) groups is 1. The summed E-state index contributed by atoms with van der Waals surface area (Å²) >= 11 is 7.04. The Balaban J connectivity index is 1.37.